The van der Waals surface area contributed by atoms with Crippen LogP contribution in [0.5, 0.6) is 0 Å². The Hall–Kier alpha value is -1.35. The van der Waals surface area contributed by atoms with Gasteiger partial charge in [0.25, 0.3) is 0 Å². The molecule has 0 unspecified atom stereocenters. The van der Waals surface area contributed by atoms with Crippen LogP contribution in [0, 0.1) is 13.8 Å². The quantitative estimate of drug-likeness (QED) is 0.849. The van der Waals surface area contributed by atoms with Crippen LogP contribution in [0.1, 0.15) is 29.5 Å². The van der Waals surface area contributed by atoms with Crippen molar-refractivity contribution in [1.29, 1.82) is 0 Å². The summed E-state index contributed by atoms with van der Waals surface area (Å²) in [6.45, 7) is 5.95. The highest BCUT2D eigenvalue weighted by atomic mass is 16.1. The molecule has 0 aliphatic carbocycles. The number of hydrogen-bond acceptors (Lipinski definition) is 2. The van der Waals surface area contributed by atoms with E-state index in [4.69, 9.17) is 0 Å². The van der Waals surface area contributed by atoms with Gasteiger partial charge in [0, 0.05) is 12.6 Å². The predicted molar refractivity (Wildman–Crippen MR) is 73.7 cm³/mol. The molecule has 98 valence electrons. The molecule has 1 saturated heterocycles. The Balaban J connectivity index is 1.84. The number of carbonyl (C=O) groups excluding carboxylic acids is 1. The van der Waals surface area contributed by atoms with Gasteiger partial charge in [-0.2, -0.15) is 0 Å². The second kappa shape index (κ2) is 6.01. The first-order valence-electron chi connectivity index (χ1n) is 6.71. The van der Waals surface area contributed by atoms with Gasteiger partial charge in [0.15, 0.2) is 0 Å². The average Bonchev–Trinajstić information content (AvgIpc) is 2.84. The molecule has 0 radical (unpaired) electrons. The van der Waals surface area contributed by atoms with Gasteiger partial charge in [0.05, 0.1) is 6.42 Å². The Labute approximate surface area is 109 Å². The SMILES string of the molecule is Cc1ccc(C)c(CC(=O)NC[C@@H]2CCCN2)c1. The van der Waals surface area contributed by atoms with Crippen molar-refractivity contribution in [3.05, 3.63) is 34.9 Å². The highest BCUT2D eigenvalue weighted by Crippen LogP contribution is 2.11. The van der Waals surface area contributed by atoms with Crippen molar-refractivity contribution in [3.8, 4) is 0 Å². The minimum absolute atomic E-state index is 0.123. The van der Waals surface area contributed by atoms with Crippen LogP contribution < -0.4 is 10.6 Å². The number of rotatable bonds is 4. The Morgan fingerprint density at radius 1 is 1.44 bits per heavy atom. The molecule has 0 bridgehead atoms. The van der Waals surface area contributed by atoms with Crippen molar-refractivity contribution < 1.29 is 4.79 Å². The first-order chi connectivity index (χ1) is 8.65. The highest BCUT2D eigenvalue weighted by Gasteiger charge is 2.14. The fourth-order valence-corrected chi connectivity index (χ4v) is 2.39. The molecule has 0 spiro atoms. The van der Waals surface area contributed by atoms with Crippen LogP contribution in [0.15, 0.2) is 18.2 Å². The second-order valence-electron chi connectivity index (χ2n) is 5.20. The monoisotopic (exact) mass is 246 g/mol. The molecule has 1 aromatic rings. The van der Waals surface area contributed by atoms with E-state index in [1.807, 2.05) is 0 Å². The fraction of sp³-hybridized carbons (Fsp3) is 0.533. The predicted octanol–water partition coefficient (Wildman–Crippen LogP) is 1.71. The molecule has 1 aliphatic rings. The van der Waals surface area contributed by atoms with Crippen LogP contribution in [-0.2, 0) is 11.2 Å². The summed E-state index contributed by atoms with van der Waals surface area (Å²) in [6, 6.07) is 6.73. The standard InChI is InChI=1S/C15H22N2O/c1-11-5-6-12(2)13(8-11)9-15(18)17-10-14-4-3-7-16-14/h5-6,8,14,16H,3-4,7,9-10H2,1-2H3,(H,17,18)/t14-/m0/s1. The summed E-state index contributed by atoms with van der Waals surface area (Å²) in [7, 11) is 0. The van der Waals surface area contributed by atoms with Gasteiger partial charge in [-0.3, -0.25) is 4.79 Å². The normalized spacial score (nSPS) is 18.9. The van der Waals surface area contributed by atoms with E-state index in [0.29, 0.717) is 12.5 Å². The minimum atomic E-state index is 0.123. The molecule has 0 aromatic heterocycles. The van der Waals surface area contributed by atoms with Crippen LogP contribution in [0.25, 0.3) is 0 Å². The Kier molecular flexibility index (Phi) is 4.37. The summed E-state index contributed by atoms with van der Waals surface area (Å²) in [6.07, 6.45) is 2.88. The summed E-state index contributed by atoms with van der Waals surface area (Å²) in [5, 5.41) is 6.40. The van der Waals surface area contributed by atoms with E-state index in [-0.39, 0.29) is 5.91 Å². The van der Waals surface area contributed by atoms with E-state index in [9.17, 15) is 4.79 Å². The van der Waals surface area contributed by atoms with Gasteiger partial charge in [0.1, 0.15) is 0 Å². The number of nitrogens with one attached hydrogen (secondary N) is 2. The summed E-state index contributed by atoms with van der Waals surface area (Å²) < 4.78 is 0. The lowest BCUT2D eigenvalue weighted by molar-refractivity contribution is -0.120. The maximum Gasteiger partial charge on any atom is 0.224 e. The van der Waals surface area contributed by atoms with Crippen LogP contribution in [0.3, 0.4) is 0 Å². The number of benzene rings is 1. The zero-order valence-corrected chi connectivity index (χ0v) is 11.3. The average molecular weight is 246 g/mol. The van der Waals surface area contributed by atoms with Gasteiger partial charge in [-0.1, -0.05) is 23.8 Å². The molecule has 0 saturated carbocycles. The van der Waals surface area contributed by atoms with E-state index in [2.05, 4.69) is 42.7 Å². The first kappa shape index (κ1) is 13.1. The second-order valence-corrected chi connectivity index (χ2v) is 5.20. The van der Waals surface area contributed by atoms with Gasteiger partial charge >= 0.3 is 0 Å². The van der Waals surface area contributed by atoms with Gasteiger partial charge in [-0.05, 0) is 44.4 Å². The van der Waals surface area contributed by atoms with Crippen LogP contribution in [0.2, 0.25) is 0 Å². The molecule has 2 rings (SSSR count). The number of carbonyl (C=O) groups is 1. The van der Waals surface area contributed by atoms with E-state index in [0.717, 1.165) is 18.7 Å². The lowest BCUT2D eigenvalue weighted by atomic mass is 10.0. The molecular formula is C15H22N2O. The molecule has 1 fully saturated rings. The fourth-order valence-electron chi connectivity index (χ4n) is 2.39. The number of aryl methyl sites for hydroxylation is 2. The number of hydrogen-bond donors (Lipinski definition) is 2. The van der Waals surface area contributed by atoms with E-state index in [1.54, 1.807) is 0 Å². The zero-order valence-electron chi connectivity index (χ0n) is 11.3. The zero-order chi connectivity index (χ0) is 13.0. The maximum atomic E-state index is 11.9. The van der Waals surface area contributed by atoms with Crippen molar-refractivity contribution in [3.63, 3.8) is 0 Å². The number of amides is 1. The maximum absolute atomic E-state index is 11.9. The van der Waals surface area contributed by atoms with E-state index < -0.39 is 0 Å². The Bertz CT molecular complexity index is 423. The van der Waals surface area contributed by atoms with Crippen LogP contribution >= 0.6 is 0 Å². The van der Waals surface area contributed by atoms with E-state index >= 15 is 0 Å². The highest BCUT2D eigenvalue weighted by molar-refractivity contribution is 5.79. The third-order valence-corrected chi connectivity index (χ3v) is 3.56. The van der Waals surface area contributed by atoms with Crippen molar-refractivity contribution in [1.82, 2.24) is 10.6 Å². The lowest BCUT2D eigenvalue weighted by Crippen LogP contribution is -2.37. The summed E-state index contributed by atoms with van der Waals surface area (Å²) in [5.41, 5.74) is 3.53. The molecule has 1 aromatic carbocycles. The largest absolute Gasteiger partial charge is 0.354 e. The Morgan fingerprint density at radius 3 is 3.00 bits per heavy atom. The lowest BCUT2D eigenvalue weighted by Gasteiger charge is -2.12. The molecule has 1 heterocycles. The molecule has 3 heteroatoms. The Morgan fingerprint density at radius 2 is 2.28 bits per heavy atom. The minimum Gasteiger partial charge on any atom is -0.354 e. The molecular weight excluding hydrogens is 224 g/mol. The van der Waals surface area contributed by atoms with Crippen molar-refractivity contribution in [2.24, 2.45) is 0 Å². The van der Waals surface area contributed by atoms with Gasteiger partial charge < -0.3 is 10.6 Å². The topological polar surface area (TPSA) is 41.1 Å². The van der Waals surface area contributed by atoms with Crippen molar-refractivity contribution >= 4 is 5.91 Å². The summed E-state index contributed by atoms with van der Waals surface area (Å²) in [4.78, 5) is 11.9. The molecule has 2 N–H and O–H groups in total. The smallest absolute Gasteiger partial charge is 0.224 e. The molecule has 18 heavy (non-hydrogen) atoms. The van der Waals surface area contributed by atoms with Crippen LogP contribution in [0.4, 0.5) is 0 Å². The molecule has 1 atom stereocenters. The van der Waals surface area contributed by atoms with Gasteiger partial charge in [0.2, 0.25) is 5.91 Å². The van der Waals surface area contributed by atoms with E-state index in [1.165, 1.54) is 24.0 Å². The summed E-state index contributed by atoms with van der Waals surface area (Å²) in [5.74, 6) is 0.123. The molecule has 1 aliphatic heterocycles. The van der Waals surface area contributed by atoms with Gasteiger partial charge in [-0.25, -0.2) is 0 Å². The van der Waals surface area contributed by atoms with Crippen molar-refractivity contribution in [2.45, 2.75) is 39.2 Å². The molecule has 3 nitrogen and oxygen atoms in total. The van der Waals surface area contributed by atoms with Crippen LogP contribution in [-0.4, -0.2) is 25.0 Å². The third-order valence-electron chi connectivity index (χ3n) is 3.56. The van der Waals surface area contributed by atoms with Crippen molar-refractivity contribution in [2.75, 3.05) is 13.1 Å². The first-order valence-corrected chi connectivity index (χ1v) is 6.71. The third kappa shape index (κ3) is 3.57. The molecule has 1 amide bonds. The van der Waals surface area contributed by atoms with Gasteiger partial charge in [-0.15, -0.1) is 0 Å². The summed E-state index contributed by atoms with van der Waals surface area (Å²) >= 11 is 0.